The molecular weight excluding hydrogens is 188 g/mol. The summed E-state index contributed by atoms with van der Waals surface area (Å²) in [5.41, 5.74) is 7.54. The average molecular weight is 206 g/mol. The van der Waals surface area contributed by atoms with E-state index in [1.54, 1.807) is 11.9 Å². The van der Waals surface area contributed by atoms with Crippen molar-refractivity contribution in [1.29, 1.82) is 0 Å². The molecule has 2 N–H and O–H groups in total. The van der Waals surface area contributed by atoms with Gasteiger partial charge in [0.25, 0.3) is 0 Å². The lowest BCUT2D eigenvalue weighted by atomic mass is 10.1. The van der Waals surface area contributed by atoms with Crippen molar-refractivity contribution in [3.05, 3.63) is 29.8 Å². The average Bonchev–Trinajstić information content (AvgIpc) is 2.20. The predicted molar refractivity (Wildman–Crippen MR) is 62.2 cm³/mol. The Morgan fingerprint density at radius 2 is 2.00 bits per heavy atom. The van der Waals surface area contributed by atoms with Gasteiger partial charge in [0.2, 0.25) is 5.91 Å². The summed E-state index contributed by atoms with van der Waals surface area (Å²) in [4.78, 5) is 13.3. The van der Waals surface area contributed by atoms with Gasteiger partial charge in [0.15, 0.2) is 0 Å². The Balaban J connectivity index is 2.71. The number of carbonyl (C=O) groups is 1. The molecule has 3 nitrogen and oxygen atoms in total. The van der Waals surface area contributed by atoms with Gasteiger partial charge in [-0.15, -0.1) is 0 Å². The van der Waals surface area contributed by atoms with Crippen molar-refractivity contribution in [2.24, 2.45) is 5.92 Å². The number of nitrogens with two attached hydrogens (primary N) is 1. The molecule has 0 radical (unpaired) electrons. The lowest BCUT2D eigenvalue weighted by molar-refractivity contribution is -0.133. The molecule has 0 unspecified atom stereocenters. The molecule has 1 aromatic carbocycles. The summed E-state index contributed by atoms with van der Waals surface area (Å²) in [6, 6.07) is 7.62. The second kappa shape index (κ2) is 4.82. The first-order valence-corrected chi connectivity index (χ1v) is 5.10. The maximum absolute atomic E-state index is 11.6. The van der Waals surface area contributed by atoms with Crippen LogP contribution in [0.5, 0.6) is 0 Å². The van der Waals surface area contributed by atoms with Gasteiger partial charge in [-0.2, -0.15) is 0 Å². The highest BCUT2D eigenvalue weighted by atomic mass is 16.2. The van der Waals surface area contributed by atoms with Crippen LogP contribution in [0.15, 0.2) is 24.3 Å². The summed E-state index contributed by atoms with van der Waals surface area (Å²) < 4.78 is 0. The molecule has 0 saturated carbocycles. The Morgan fingerprint density at radius 1 is 1.40 bits per heavy atom. The van der Waals surface area contributed by atoms with Crippen LogP contribution in [-0.4, -0.2) is 17.9 Å². The van der Waals surface area contributed by atoms with Crippen LogP contribution in [0.3, 0.4) is 0 Å². The minimum atomic E-state index is 0.0277. The van der Waals surface area contributed by atoms with Gasteiger partial charge in [-0.1, -0.05) is 32.0 Å². The van der Waals surface area contributed by atoms with Gasteiger partial charge in [0.05, 0.1) is 0 Å². The molecule has 0 aliphatic heterocycles. The summed E-state index contributed by atoms with van der Waals surface area (Å²) in [5.74, 6) is 0.165. The van der Waals surface area contributed by atoms with E-state index in [1.807, 2.05) is 38.1 Å². The van der Waals surface area contributed by atoms with Crippen LogP contribution >= 0.6 is 0 Å². The van der Waals surface area contributed by atoms with Gasteiger partial charge >= 0.3 is 0 Å². The van der Waals surface area contributed by atoms with Crippen LogP contribution in [0.25, 0.3) is 0 Å². The SMILES string of the molecule is CC(C)C(=O)N(C)Cc1ccccc1N. The van der Waals surface area contributed by atoms with Gasteiger partial charge in [-0.25, -0.2) is 0 Å². The zero-order chi connectivity index (χ0) is 11.4. The normalized spacial score (nSPS) is 10.4. The quantitative estimate of drug-likeness (QED) is 0.767. The van der Waals surface area contributed by atoms with Crippen molar-refractivity contribution in [1.82, 2.24) is 4.90 Å². The maximum Gasteiger partial charge on any atom is 0.225 e. The van der Waals surface area contributed by atoms with Gasteiger partial charge < -0.3 is 10.6 Å². The van der Waals surface area contributed by atoms with E-state index in [-0.39, 0.29) is 11.8 Å². The molecule has 1 aromatic rings. The molecule has 0 heterocycles. The Hall–Kier alpha value is -1.51. The van der Waals surface area contributed by atoms with Crippen LogP contribution in [-0.2, 0) is 11.3 Å². The third-order valence-electron chi connectivity index (χ3n) is 2.33. The number of nitrogen functional groups attached to an aromatic ring is 1. The Labute approximate surface area is 90.9 Å². The van der Waals surface area contributed by atoms with Crippen molar-refractivity contribution < 1.29 is 4.79 Å². The van der Waals surface area contributed by atoms with Crippen LogP contribution in [0.2, 0.25) is 0 Å². The summed E-state index contributed by atoms with van der Waals surface area (Å²) in [5, 5.41) is 0. The number of benzene rings is 1. The lowest BCUT2D eigenvalue weighted by Gasteiger charge is -2.20. The molecular formula is C12H18N2O. The fraction of sp³-hybridized carbons (Fsp3) is 0.417. The second-order valence-electron chi connectivity index (χ2n) is 4.05. The first-order valence-electron chi connectivity index (χ1n) is 5.10. The van der Waals surface area contributed by atoms with E-state index < -0.39 is 0 Å². The summed E-state index contributed by atoms with van der Waals surface area (Å²) in [6.07, 6.45) is 0. The third-order valence-corrected chi connectivity index (χ3v) is 2.33. The topological polar surface area (TPSA) is 46.3 Å². The number of carbonyl (C=O) groups excluding carboxylic acids is 1. The number of nitrogens with zero attached hydrogens (tertiary/aromatic N) is 1. The minimum Gasteiger partial charge on any atom is -0.398 e. The number of amides is 1. The largest absolute Gasteiger partial charge is 0.398 e. The van der Waals surface area contributed by atoms with Gasteiger partial charge in [0, 0.05) is 25.2 Å². The van der Waals surface area contributed by atoms with Crippen LogP contribution in [0.4, 0.5) is 5.69 Å². The standard InChI is InChI=1S/C12H18N2O/c1-9(2)12(15)14(3)8-10-6-4-5-7-11(10)13/h4-7,9H,8,13H2,1-3H3. The first kappa shape index (κ1) is 11.6. The molecule has 3 heteroatoms. The number of hydrogen-bond donors (Lipinski definition) is 1. The van der Waals surface area contributed by atoms with Gasteiger partial charge in [0.1, 0.15) is 0 Å². The molecule has 0 aromatic heterocycles. The molecule has 1 rings (SSSR count). The first-order chi connectivity index (χ1) is 7.02. The van der Waals surface area contributed by atoms with Crippen molar-refractivity contribution >= 4 is 11.6 Å². The molecule has 0 aliphatic carbocycles. The zero-order valence-corrected chi connectivity index (χ0v) is 9.53. The molecule has 0 fully saturated rings. The van der Waals surface area contributed by atoms with E-state index >= 15 is 0 Å². The molecule has 0 saturated heterocycles. The Bertz CT molecular complexity index is 347. The van der Waals surface area contributed by atoms with E-state index in [4.69, 9.17) is 5.73 Å². The summed E-state index contributed by atoms with van der Waals surface area (Å²) >= 11 is 0. The minimum absolute atomic E-state index is 0.0277. The molecule has 1 amide bonds. The van der Waals surface area contributed by atoms with E-state index in [1.165, 1.54) is 0 Å². The second-order valence-corrected chi connectivity index (χ2v) is 4.05. The monoisotopic (exact) mass is 206 g/mol. The van der Waals surface area contributed by atoms with Crippen molar-refractivity contribution in [2.75, 3.05) is 12.8 Å². The third kappa shape index (κ3) is 2.98. The zero-order valence-electron chi connectivity index (χ0n) is 9.53. The molecule has 0 spiro atoms. The predicted octanol–water partition coefficient (Wildman–Crippen LogP) is 1.88. The number of anilines is 1. The Morgan fingerprint density at radius 3 is 2.53 bits per heavy atom. The van der Waals surface area contributed by atoms with Crippen LogP contribution in [0, 0.1) is 5.92 Å². The van der Waals surface area contributed by atoms with Gasteiger partial charge in [-0.3, -0.25) is 4.79 Å². The molecule has 0 bridgehead atoms. The highest BCUT2D eigenvalue weighted by molar-refractivity contribution is 5.77. The fourth-order valence-electron chi connectivity index (χ4n) is 1.45. The van der Waals surface area contributed by atoms with Crippen LogP contribution in [0.1, 0.15) is 19.4 Å². The van der Waals surface area contributed by atoms with Crippen molar-refractivity contribution in [3.63, 3.8) is 0 Å². The van der Waals surface area contributed by atoms with Crippen LogP contribution < -0.4 is 5.73 Å². The maximum atomic E-state index is 11.6. The fourth-order valence-corrected chi connectivity index (χ4v) is 1.45. The number of rotatable bonds is 3. The van der Waals surface area contributed by atoms with E-state index in [0.29, 0.717) is 6.54 Å². The van der Waals surface area contributed by atoms with Crippen molar-refractivity contribution in [2.45, 2.75) is 20.4 Å². The highest BCUT2D eigenvalue weighted by Crippen LogP contribution is 2.13. The molecule has 0 atom stereocenters. The molecule has 82 valence electrons. The molecule has 0 aliphatic rings. The summed E-state index contributed by atoms with van der Waals surface area (Å²) in [7, 11) is 1.80. The lowest BCUT2D eigenvalue weighted by Crippen LogP contribution is -2.30. The number of para-hydroxylation sites is 1. The Kier molecular flexibility index (Phi) is 3.72. The van der Waals surface area contributed by atoms with E-state index in [2.05, 4.69) is 0 Å². The summed E-state index contributed by atoms with van der Waals surface area (Å²) in [6.45, 7) is 4.37. The number of hydrogen-bond acceptors (Lipinski definition) is 2. The smallest absolute Gasteiger partial charge is 0.225 e. The van der Waals surface area contributed by atoms with E-state index in [0.717, 1.165) is 11.3 Å². The van der Waals surface area contributed by atoms with E-state index in [9.17, 15) is 4.79 Å². The highest BCUT2D eigenvalue weighted by Gasteiger charge is 2.13. The molecule has 15 heavy (non-hydrogen) atoms. The van der Waals surface area contributed by atoms with Gasteiger partial charge in [-0.05, 0) is 11.6 Å². The van der Waals surface area contributed by atoms with Crippen molar-refractivity contribution in [3.8, 4) is 0 Å².